The number of carbonyl (C=O) groups is 1. The SMILES string of the molecule is Cc1noc2nc(C(C)C)cc(C(=O)N3CCCN(Cc4ccccc4)CC3)c12. The van der Waals surface area contributed by atoms with Crippen LogP contribution in [0.3, 0.4) is 0 Å². The van der Waals surface area contributed by atoms with Crippen molar-refractivity contribution < 1.29 is 9.32 Å². The summed E-state index contributed by atoms with van der Waals surface area (Å²) in [4.78, 5) is 22.4. The Morgan fingerprint density at radius 2 is 1.93 bits per heavy atom. The minimum Gasteiger partial charge on any atom is -0.337 e. The lowest BCUT2D eigenvalue weighted by atomic mass is 10.0. The third kappa shape index (κ3) is 4.17. The largest absolute Gasteiger partial charge is 0.337 e. The number of carbonyl (C=O) groups excluding carboxylic acids is 1. The summed E-state index contributed by atoms with van der Waals surface area (Å²) < 4.78 is 5.39. The Hall–Kier alpha value is -2.73. The van der Waals surface area contributed by atoms with Crippen LogP contribution in [0.2, 0.25) is 0 Å². The van der Waals surface area contributed by atoms with E-state index in [0.29, 0.717) is 17.0 Å². The third-order valence-electron chi connectivity index (χ3n) is 5.58. The van der Waals surface area contributed by atoms with E-state index in [0.717, 1.165) is 50.2 Å². The Bertz CT molecular complexity index is 997. The van der Waals surface area contributed by atoms with Crippen molar-refractivity contribution in [3.8, 4) is 0 Å². The summed E-state index contributed by atoms with van der Waals surface area (Å²) in [5, 5.41) is 4.79. The first kappa shape index (κ1) is 19.6. The fourth-order valence-electron chi connectivity index (χ4n) is 3.92. The molecule has 0 unspecified atom stereocenters. The molecular weight excluding hydrogens is 364 g/mol. The van der Waals surface area contributed by atoms with Crippen molar-refractivity contribution in [1.29, 1.82) is 0 Å². The Balaban J connectivity index is 1.55. The van der Waals surface area contributed by atoms with Crippen LogP contribution in [0.1, 0.15) is 53.5 Å². The van der Waals surface area contributed by atoms with Gasteiger partial charge in [0.15, 0.2) is 0 Å². The Kier molecular flexibility index (Phi) is 5.62. The van der Waals surface area contributed by atoms with Gasteiger partial charge in [-0.15, -0.1) is 0 Å². The lowest BCUT2D eigenvalue weighted by molar-refractivity contribution is 0.0762. The number of fused-ring (bicyclic) bond motifs is 1. The maximum absolute atomic E-state index is 13.5. The number of rotatable bonds is 4. The molecule has 29 heavy (non-hydrogen) atoms. The Morgan fingerprint density at radius 1 is 1.14 bits per heavy atom. The first-order valence-electron chi connectivity index (χ1n) is 10.4. The highest BCUT2D eigenvalue weighted by molar-refractivity contribution is 6.06. The average Bonchev–Trinajstić information content (AvgIpc) is 2.95. The van der Waals surface area contributed by atoms with Gasteiger partial charge in [-0.05, 0) is 30.9 Å². The second kappa shape index (κ2) is 8.33. The predicted molar refractivity (Wildman–Crippen MR) is 113 cm³/mol. The minimum atomic E-state index is 0.0483. The molecule has 1 saturated heterocycles. The third-order valence-corrected chi connectivity index (χ3v) is 5.58. The lowest BCUT2D eigenvalue weighted by Gasteiger charge is -2.22. The monoisotopic (exact) mass is 392 g/mol. The van der Waals surface area contributed by atoms with E-state index < -0.39 is 0 Å². The molecule has 152 valence electrons. The second-order valence-electron chi connectivity index (χ2n) is 8.11. The summed E-state index contributed by atoms with van der Waals surface area (Å²) >= 11 is 0. The van der Waals surface area contributed by atoms with E-state index in [9.17, 15) is 4.79 Å². The second-order valence-corrected chi connectivity index (χ2v) is 8.11. The molecule has 0 bridgehead atoms. The summed E-state index contributed by atoms with van der Waals surface area (Å²) in [6.45, 7) is 10.3. The molecule has 6 nitrogen and oxygen atoms in total. The van der Waals surface area contributed by atoms with E-state index in [1.54, 1.807) is 0 Å². The molecule has 1 aliphatic heterocycles. The zero-order valence-corrected chi connectivity index (χ0v) is 17.4. The van der Waals surface area contributed by atoms with Gasteiger partial charge in [-0.25, -0.2) is 4.98 Å². The van der Waals surface area contributed by atoms with Crippen molar-refractivity contribution in [2.45, 2.75) is 39.7 Å². The van der Waals surface area contributed by atoms with Crippen molar-refractivity contribution >= 4 is 17.0 Å². The van der Waals surface area contributed by atoms with Gasteiger partial charge in [0.05, 0.1) is 16.6 Å². The highest BCUT2D eigenvalue weighted by atomic mass is 16.5. The van der Waals surface area contributed by atoms with Crippen LogP contribution in [0.5, 0.6) is 0 Å². The van der Waals surface area contributed by atoms with Crippen LogP contribution in [0, 0.1) is 6.92 Å². The number of benzene rings is 1. The van der Waals surface area contributed by atoms with Crippen LogP contribution in [-0.4, -0.2) is 52.0 Å². The zero-order valence-electron chi connectivity index (χ0n) is 17.4. The van der Waals surface area contributed by atoms with E-state index in [-0.39, 0.29) is 11.8 Å². The molecule has 1 fully saturated rings. The van der Waals surface area contributed by atoms with E-state index >= 15 is 0 Å². The molecular formula is C23H28N4O2. The molecule has 2 aromatic heterocycles. The number of amides is 1. The molecule has 1 amide bonds. The smallest absolute Gasteiger partial charge is 0.259 e. The van der Waals surface area contributed by atoms with Gasteiger partial charge < -0.3 is 9.42 Å². The topological polar surface area (TPSA) is 62.5 Å². The number of aromatic nitrogens is 2. The van der Waals surface area contributed by atoms with Gasteiger partial charge in [0.2, 0.25) is 0 Å². The molecule has 3 heterocycles. The average molecular weight is 393 g/mol. The molecule has 0 atom stereocenters. The number of nitrogens with zero attached hydrogens (tertiary/aromatic N) is 4. The number of pyridine rings is 1. The number of aryl methyl sites for hydroxylation is 1. The van der Waals surface area contributed by atoms with Gasteiger partial charge in [0.25, 0.3) is 11.6 Å². The minimum absolute atomic E-state index is 0.0483. The van der Waals surface area contributed by atoms with E-state index in [4.69, 9.17) is 4.52 Å². The highest BCUT2D eigenvalue weighted by Gasteiger charge is 2.25. The van der Waals surface area contributed by atoms with Gasteiger partial charge >= 0.3 is 0 Å². The molecule has 4 rings (SSSR count). The van der Waals surface area contributed by atoms with Crippen molar-refractivity contribution in [1.82, 2.24) is 19.9 Å². The highest BCUT2D eigenvalue weighted by Crippen LogP contribution is 2.26. The van der Waals surface area contributed by atoms with Crippen LogP contribution in [0.25, 0.3) is 11.1 Å². The summed E-state index contributed by atoms with van der Waals surface area (Å²) in [5.41, 5.74) is 4.00. The van der Waals surface area contributed by atoms with E-state index in [1.165, 1.54) is 5.56 Å². The standard InChI is InChI=1S/C23H28N4O2/c1-16(2)20-14-19(21-17(3)25-29-22(21)24-20)23(28)27-11-7-10-26(12-13-27)15-18-8-5-4-6-9-18/h4-6,8-9,14,16H,7,10-13,15H2,1-3H3. The summed E-state index contributed by atoms with van der Waals surface area (Å²) in [6.07, 6.45) is 0.965. The first-order valence-corrected chi connectivity index (χ1v) is 10.4. The fourth-order valence-corrected chi connectivity index (χ4v) is 3.92. The van der Waals surface area contributed by atoms with Crippen molar-refractivity contribution in [3.63, 3.8) is 0 Å². The molecule has 0 aliphatic carbocycles. The van der Waals surface area contributed by atoms with Crippen molar-refractivity contribution in [3.05, 3.63) is 58.9 Å². The van der Waals surface area contributed by atoms with E-state index in [1.807, 2.05) is 24.0 Å². The van der Waals surface area contributed by atoms with Gasteiger partial charge in [0, 0.05) is 38.4 Å². The molecule has 1 aromatic carbocycles. The van der Waals surface area contributed by atoms with E-state index in [2.05, 4.69) is 53.2 Å². The van der Waals surface area contributed by atoms with Gasteiger partial charge in [-0.3, -0.25) is 9.69 Å². The quantitative estimate of drug-likeness (QED) is 0.671. The molecule has 0 saturated carbocycles. The molecule has 0 spiro atoms. The maximum atomic E-state index is 13.5. The predicted octanol–water partition coefficient (Wildman–Crippen LogP) is 4.00. The van der Waals surface area contributed by atoms with Crippen molar-refractivity contribution in [2.75, 3.05) is 26.2 Å². The van der Waals surface area contributed by atoms with Crippen LogP contribution in [0.4, 0.5) is 0 Å². The molecule has 1 aliphatic rings. The van der Waals surface area contributed by atoms with Gasteiger partial charge in [-0.1, -0.05) is 49.3 Å². The normalized spacial score (nSPS) is 15.8. The summed E-state index contributed by atoms with van der Waals surface area (Å²) in [5.74, 6) is 0.258. The number of hydrogen-bond acceptors (Lipinski definition) is 5. The zero-order chi connectivity index (χ0) is 20.4. The van der Waals surface area contributed by atoms with Crippen LogP contribution in [0.15, 0.2) is 40.9 Å². The summed E-state index contributed by atoms with van der Waals surface area (Å²) in [6, 6.07) is 12.4. The first-order chi connectivity index (χ1) is 14.0. The Morgan fingerprint density at radius 3 is 2.69 bits per heavy atom. The van der Waals surface area contributed by atoms with Crippen LogP contribution >= 0.6 is 0 Å². The molecule has 3 aromatic rings. The van der Waals surface area contributed by atoms with Crippen LogP contribution < -0.4 is 0 Å². The summed E-state index contributed by atoms with van der Waals surface area (Å²) in [7, 11) is 0. The maximum Gasteiger partial charge on any atom is 0.259 e. The Labute approximate surface area is 171 Å². The van der Waals surface area contributed by atoms with Gasteiger partial charge in [-0.2, -0.15) is 0 Å². The lowest BCUT2D eigenvalue weighted by Crippen LogP contribution is -2.35. The fraction of sp³-hybridized carbons (Fsp3) is 0.435. The van der Waals surface area contributed by atoms with Crippen molar-refractivity contribution in [2.24, 2.45) is 0 Å². The molecule has 6 heteroatoms. The molecule has 0 radical (unpaired) electrons. The van der Waals surface area contributed by atoms with Crippen LogP contribution in [-0.2, 0) is 6.54 Å². The molecule has 0 N–H and O–H groups in total. The van der Waals surface area contributed by atoms with Gasteiger partial charge in [0.1, 0.15) is 0 Å². The number of hydrogen-bond donors (Lipinski definition) is 0.